The van der Waals surface area contributed by atoms with Crippen molar-refractivity contribution in [3.63, 3.8) is 0 Å². The number of aliphatic carboxylic acids is 1. The van der Waals surface area contributed by atoms with Crippen LogP contribution in [-0.2, 0) is 4.79 Å². The van der Waals surface area contributed by atoms with Gasteiger partial charge in [-0.25, -0.2) is 8.78 Å². The number of halogens is 2. The van der Waals surface area contributed by atoms with E-state index in [-0.39, 0.29) is 0 Å². The fraction of sp³-hybridized carbons (Fsp3) is 0.900. The summed E-state index contributed by atoms with van der Waals surface area (Å²) in [7, 11) is 0. The summed E-state index contributed by atoms with van der Waals surface area (Å²) in [6.45, 7) is 1.57. The van der Waals surface area contributed by atoms with E-state index in [1.54, 1.807) is 6.92 Å². The smallest absolute Gasteiger partial charge is 0.306 e. The number of carboxylic acids is 1. The van der Waals surface area contributed by atoms with Crippen LogP contribution < -0.4 is 0 Å². The van der Waals surface area contributed by atoms with Gasteiger partial charge in [0.15, 0.2) is 0 Å². The SMILES string of the molecule is CC1C(F)(F)C12CCC(C(=O)O)CC2. The summed E-state index contributed by atoms with van der Waals surface area (Å²) in [6, 6.07) is 0. The molecule has 4 heteroatoms. The second-order valence-corrected chi connectivity index (χ2v) is 4.61. The first-order valence-electron chi connectivity index (χ1n) is 5.02. The molecule has 2 nitrogen and oxygen atoms in total. The van der Waals surface area contributed by atoms with Crippen LogP contribution >= 0.6 is 0 Å². The Bertz CT molecular complexity index is 267. The normalized spacial score (nSPS) is 45.1. The molecule has 0 aromatic heterocycles. The van der Waals surface area contributed by atoms with Gasteiger partial charge in [0.1, 0.15) is 0 Å². The number of carbonyl (C=O) groups is 1. The number of hydrogen-bond acceptors (Lipinski definition) is 1. The highest BCUT2D eigenvalue weighted by Crippen LogP contribution is 2.72. The van der Waals surface area contributed by atoms with Crippen LogP contribution in [0.1, 0.15) is 32.6 Å². The quantitative estimate of drug-likeness (QED) is 0.712. The Morgan fingerprint density at radius 2 is 1.79 bits per heavy atom. The van der Waals surface area contributed by atoms with E-state index in [1.807, 2.05) is 0 Å². The fourth-order valence-corrected chi connectivity index (χ4v) is 2.85. The van der Waals surface area contributed by atoms with Crippen LogP contribution in [0.15, 0.2) is 0 Å². The molecule has 0 bridgehead atoms. The van der Waals surface area contributed by atoms with Gasteiger partial charge in [-0.3, -0.25) is 4.79 Å². The van der Waals surface area contributed by atoms with Gasteiger partial charge in [0.05, 0.1) is 5.92 Å². The third-order valence-electron chi connectivity index (χ3n) is 4.18. The van der Waals surface area contributed by atoms with Gasteiger partial charge in [-0.2, -0.15) is 0 Å². The molecule has 2 saturated carbocycles. The van der Waals surface area contributed by atoms with Crippen molar-refractivity contribution >= 4 is 5.97 Å². The molecule has 2 fully saturated rings. The summed E-state index contributed by atoms with van der Waals surface area (Å²) in [5, 5.41) is 8.74. The minimum Gasteiger partial charge on any atom is -0.481 e. The number of hydrogen-bond donors (Lipinski definition) is 1. The Labute approximate surface area is 81.3 Å². The minimum atomic E-state index is -2.55. The maximum absolute atomic E-state index is 13.2. The second kappa shape index (κ2) is 2.67. The molecule has 2 aliphatic carbocycles. The van der Waals surface area contributed by atoms with E-state index < -0.39 is 29.1 Å². The predicted octanol–water partition coefficient (Wildman–Crippen LogP) is 2.53. The van der Waals surface area contributed by atoms with Crippen molar-refractivity contribution in [3.8, 4) is 0 Å². The zero-order chi connectivity index (χ0) is 10.6. The summed E-state index contributed by atoms with van der Waals surface area (Å²) < 4.78 is 26.5. The van der Waals surface area contributed by atoms with Gasteiger partial charge < -0.3 is 5.11 Å². The molecule has 1 spiro atoms. The van der Waals surface area contributed by atoms with E-state index in [1.165, 1.54) is 0 Å². The van der Waals surface area contributed by atoms with Crippen LogP contribution in [0.3, 0.4) is 0 Å². The van der Waals surface area contributed by atoms with E-state index in [4.69, 9.17) is 5.11 Å². The summed E-state index contributed by atoms with van der Waals surface area (Å²) in [5.74, 6) is -4.33. The Kier molecular flexibility index (Phi) is 1.88. The summed E-state index contributed by atoms with van der Waals surface area (Å²) in [6.07, 6.45) is 1.57. The second-order valence-electron chi connectivity index (χ2n) is 4.61. The maximum atomic E-state index is 13.2. The molecular weight excluding hydrogens is 190 g/mol. The van der Waals surface area contributed by atoms with Gasteiger partial charge in [-0.15, -0.1) is 0 Å². The molecule has 0 aromatic rings. The zero-order valence-electron chi connectivity index (χ0n) is 8.09. The minimum absolute atomic E-state index is 0.373. The van der Waals surface area contributed by atoms with Crippen molar-refractivity contribution < 1.29 is 18.7 Å². The largest absolute Gasteiger partial charge is 0.481 e. The van der Waals surface area contributed by atoms with Crippen molar-refractivity contribution in [1.29, 1.82) is 0 Å². The van der Waals surface area contributed by atoms with Crippen LogP contribution in [0.4, 0.5) is 8.78 Å². The number of alkyl halides is 2. The van der Waals surface area contributed by atoms with Crippen LogP contribution in [-0.4, -0.2) is 17.0 Å². The first-order chi connectivity index (χ1) is 6.42. The molecule has 14 heavy (non-hydrogen) atoms. The molecule has 0 amide bonds. The van der Waals surface area contributed by atoms with Gasteiger partial charge in [0.2, 0.25) is 0 Å². The Hall–Kier alpha value is -0.670. The highest BCUT2D eigenvalue weighted by molar-refractivity contribution is 5.70. The molecular formula is C10H14F2O2. The Morgan fingerprint density at radius 1 is 1.36 bits per heavy atom. The average Bonchev–Trinajstić information content (AvgIpc) is 2.52. The van der Waals surface area contributed by atoms with Gasteiger partial charge >= 0.3 is 5.97 Å². The van der Waals surface area contributed by atoms with Gasteiger partial charge in [-0.05, 0) is 25.7 Å². The third-order valence-corrected chi connectivity index (χ3v) is 4.18. The molecule has 1 atom stereocenters. The molecule has 80 valence electrons. The molecule has 0 saturated heterocycles. The van der Waals surface area contributed by atoms with Crippen molar-refractivity contribution in [2.45, 2.75) is 38.5 Å². The van der Waals surface area contributed by atoms with E-state index >= 15 is 0 Å². The molecule has 0 heterocycles. The first-order valence-corrected chi connectivity index (χ1v) is 5.02. The lowest BCUT2D eigenvalue weighted by Crippen LogP contribution is -2.25. The fourth-order valence-electron chi connectivity index (χ4n) is 2.85. The lowest BCUT2D eigenvalue weighted by Gasteiger charge is -2.26. The van der Waals surface area contributed by atoms with Crippen molar-refractivity contribution in [2.24, 2.45) is 17.3 Å². The standard InChI is InChI=1S/C10H14F2O2/c1-6-9(10(6,11)12)4-2-7(3-5-9)8(13)14/h6-7H,2-5H2,1H3,(H,13,14). The Morgan fingerprint density at radius 3 is 2.07 bits per heavy atom. The van der Waals surface area contributed by atoms with Crippen LogP contribution in [0.5, 0.6) is 0 Å². The number of carboxylic acid groups (broad SMARTS) is 1. The predicted molar refractivity (Wildman–Crippen MR) is 46.1 cm³/mol. The first kappa shape index (κ1) is 9.87. The summed E-state index contributed by atoms with van der Waals surface area (Å²) >= 11 is 0. The van der Waals surface area contributed by atoms with Gasteiger partial charge in [0, 0.05) is 11.3 Å². The van der Waals surface area contributed by atoms with E-state index in [0.29, 0.717) is 25.7 Å². The zero-order valence-corrected chi connectivity index (χ0v) is 8.09. The average molecular weight is 204 g/mol. The van der Waals surface area contributed by atoms with Gasteiger partial charge in [0.25, 0.3) is 5.92 Å². The molecule has 0 radical (unpaired) electrons. The van der Waals surface area contributed by atoms with Crippen molar-refractivity contribution in [3.05, 3.63) is 0 Å². The van der Waals surface area contributed by atoms with Crippen LogP contribution in [0.25, 0.3) is 0 Å². The highest BCUT2D eigenvalue weighted by atomic mass is 19.3. The van der Waals surface area contributed by atoms with E-state index in [9.17, 15) is 13.6 Å². The molecule has 0 aliphatic heterocycles. The summed E-state index contributed by atoms with van der Waals surface area (Å²) in [4.78, 5) is 10.6. The maximum Gasteiger partial charge on any atom is 0.306 e. The summed E-state index contributed by atoms with van der Waals surface area (Å²) in [5.41, 5.74) is -0.848. The van der Waals surface area contributed by atoms with Crippen molar-refractivity contribution in [2.75, 3.05) is 0 Å². The van der Waals surface area contributed by atoms with E-state index in [0.717, 1.165) is 0 Å². The Balaban J connectivity index is 2.01. The van der Waals surface area contributed by atoms with Gasteiger partial charge in [-0.1, -0.05) is 6.92 Å². The monoisotopic (exact) mass is 204 g/mol. The van der Waals surface area contributed by atoms with Crippen LogP contribution in [0, 0.1) is 17.3 Å². The molecule has 1 unspecified atom stereocenters. The molecule has 2 rings (SSSR count). The highest BCUT2D eigenvalue weighted by Gasteiger charge is 2.77. The van der Waals surface area contributed by atoms with Crippen LogP contribution in [0.2, 0.25) is 0 Å². The van der Waals surface area contributed by atoms with E-state index in [2.05, 4.69) is 0 Å². The molecule has 0 aromatic carbocycles. The molecule has 2 aliphatic rings. The molecule has 1 N–H and O–H groups in total. The third kappa shape index (κ3) is 1.03. The lowest BCUT2D eigenvalue weighted by molar-refractivity contribution is -0.143. The lowest BCUT2D eigenvalue weighted by atomic mass is 9.78. The number of rotatable bonds is 1. The topological polar surface area (TPSA) is 37.3 Å². The van der Waals surface area contributed by atoms with Crippen molar-refractivity contribution in [1.82, 2.24) is 0 Å².